The van der Waals surface area contributed by atoms with Crippen LogP contribution < -0.4 is 0 Å². The van der Waals surface area contributed by atoms with Crippen molar-refractivity contribution in [1.82, 2.24) is 0 Å². The summed E-state index contributed by atoms with van der Waals surface area (Å²) >= 11 is 6.13. The Bertz CT molecular complexity index is 1030. The predicted octanol–water partition coefficient (Wildman–Crippen LogP) is 6.82. The van der Waals surface area contributed by atoms with Gasteiger partial charge in [-0.3, -0.25) is 0 Å². The molecule has 0 N–H and O–H groups in total. The zero-order valence-electron chi connectivity index (χ0n) is 15.0. The van der Waals surface area contributed by atoms with E-state index in [1.54, 1.807) is 0 Å². The Morgan fingerprint density at radius 2 is 1.46 bits per heavy atom. The van der Waals surface area contributed by atoms with Gasteiger partial charge in [0.05, 0.1) is 0 Å². The lowest BCUT2D eigenvalue weighted by atomic mass is 9.63. The molecular formula is C25H21Cl. The Morgan fingerprint density at radius 1 is 0.808 bits per heavy atom. The summed E-state index contributed by atoms with van der Waals surface area (Å²) in [6.45, 7) is 4.80. The molecule has 1 heteroatoms. The normalized spacial score (nSPS) is 25.9. The quantitative estimate of drug-likeness (QED) is 0.448. The first-order chi connectivity index (χ1) is 12.6. The minimum atomic E-state index is 0.0303. The van der Waals surface area contributed by atoms with E-state index in [1.165, 1.54) is 33.4 Å². The zero-order chi connectivity index (χ0) is 17.9. The van der Waals surface area contributed by atoms with Crippen molar-refractivity contribution < 1.29 is 0 Å². The highest BCUT2D eigenvalue weighted by Gasteiger charge is 2.50. The molecule has 0 amide bonds. The molecule has 0 unspecified atom stereocenters. The average molecular weight is 357 g/mol. The molecule has 5 rings (SSSR count). The van der Waals surface area contributed by atoms with Crippen molar-refractivity contribution >= 4 is 17.2 Å². The van der Waals surface area contributed by atoms with Crippen molar-refractivity contribution in [2.75, 3.05) is 0 Å². The van der Waals surface area contributed by atoms with Gasteiger partial charge in [-0.25, -0.2) is 0 Å². The van der Waals surface area contributed by atoms with Gasteiger partial charge in [-0.2, -0.15) is 0 Å². The standard InChI is InChI=1S/C25H21Cl/c1-16-19-7-3-5-9-22(19)25(2)23-10-6-4-8-20(23)21(15-24(16)25)17-11-13-18(26)14-12-17/h3-16,24H,1-2H3/t16-,24+,25+/m1/s1. The van der Waals surface area contributed by atoms with Gasteiger partial charge in [0, 0.05) is 10.4 Å². The Kier molecular flexibility index (Phi) is 3.42. The van der Waals surface area contributed by atoms with Crippen LogP contribution in [0.5, 0.6) is 0 Å². The summed E-state index contributed by atoms with van der Waals surface area (Å²) < 4.78 is 0. The third kappa shape index (κ3) is 2.03. The molecule has 128 valence electrons. The average Bonchev–Trinajstić information content (AvgIpc) is 2.91. The van der Waals surface area contributed by atoms with E-state index in [-0.39, 0.29) is 5.41 Å². The van der Waals surface area contributed by atoms with Gasteiger partial charge in [0.1, 0.15) is 0 Å². The highest BCUT2D eigenvalue weighted by Crippen LogP contribution is 2.58. The van der Waals surface area contributed by atoms with E-state index in [0.717, 1.165) is 5.02 Å². The van der Waals surface area contributed by atoms with Gasteiger partial charge in [0.15, 0.2) is 0 Å². The van der Waals surface area contributed by atoms with E-state index >= 15 is 0 Å². The molecule has 0 bridgehead atoms. The van der Waals surface area contributed by atoms with E-state index in [2.05, 4.69) is 80.6 Å². The summed E-state index contributed by atoms with van der Waals surface area (Å²) in [4.78, 5) is 0. The molecule has 2 aliphatic carbocycles. The third-order valence-corrected chi connectivity index (χ3v) is 6.75. The minimum absolute atomic E-state index is 0.0303. The van der Waals surface area contributed by atoms with Gasteiger partial charge in [-0.05, 0) is 57.4 Å². The van der Waals surface area contributed by atoms with Gasteiger partial charge in [0.25, 0.3) is 0 Å². The van der Waals surface area contributed by atoms with Crippen molar-refractivity contribution in [2.45, 2.75) is 25.2 Å². The van der Waals surface area contributed by atoms with Crippen molar-refractivity contribution in [3.8, 4) is 0 Å². The Balaban J connectivity index is 1.79. The van der Waals surface area contributed by atoms with Crippen LogP contribution in [0, 0.1) is 5.92 Å². The summed E-state index contributed by atoms with van der Waals surface area (Å²) in [6, 6.07) is 26.2. The highest BCUT2D eigenvalue weighted by molar-refractivity contribution is 6.30. The van der Waals surface area contributed by atoms with Gasteiger partial charge in [-0.15, -0.1) is 0 Å². The molecule has 0 saturated carbocycles. The highest BCUT2D eigenvalue weighted by atomic mass is 35.5. The van der Waals surface area contributed by atoms with E-state index in [4.69, 9.17) is 11.6 Å². The number of halogens is 1. The molecule has 2 aliphatic rings. The van der Waals surface area contributed by atoms with Crippen LogP contribution in [0.2, 0.25) is 5.02 Å². The molecule has 0 spiro atoms. The van der Waals surface area contributed by atoms with E-state index in [0.29, 0.717) is 11.8 Å². The number of benzene rings is 3. The molecule has 0 heterocycles. The second-order valence-electron chi connectivity index (χ2n) is 7.74. The van der Waals surface area contributed by atoms with Crippen LogP contribution in [0.15, 0.2) is 78.9 Å². The van der Waals surface area contributed by atoms with Gasteiger partial charge < -0.3 is 0 Å². The molecule has 3 atom stereocenters. The fraction of sp³-hybridized carbons (Fsp3) is 0.200. The Hall–Kier alpha value is -2.31. The molecule has 0 fully saturated rings. The molecule has 0 aromatic heterocycles. The van der Waals surface area contributed by atoms with Crippen molar-refractivity contribution in [2.24, 2.45) is 5.92 Å². The van der Waals surface area contributed by atoms with Gasteiger partial charge in [0.2, 0.25) is 0 Å². The van der Waals surface area contributed by atoms with Crippen molar-refractivity contribution in [1.29, 1.82) is 0 Å². The van der Waals surface area contributed by atoms with Crippen LogP contribution in [-0.2, 0) is 5.41 Å². The molecular weight excluding hydrogens is 336 g/mol. The molecule has 0 saturated heterocycles. The van der Waals surface area contributed by atoms with Gasteiger partial charge >= 0.3 is 0 Å². The molecule has 0 aliphatic heterocycles. The number of rotatable bonds is 1. The lowest BCUT2D eigenvalue weighted by molar-refractivity contribution is 0.406. The van der Waals surface area contributed by atoms with E-state index < -0.39 is 0 Å². The maximum absolute atomic E-state index is 6.13. The maximum Gasteiger partial charge on any atom is 0.0406 e. The van der Waals surface area contributed by atoms with Crippen LogP contribution in [0.25, 0.3) is 5.57 Å². The predicted molar refractivity (Wildman–Crippen MR) is 110 cm³/mol. The number of fused-ring (bicyclic) bond motifs is 5. The summed E-state index contributed by atoms with van der Waals surface area (Å²) in [5.41, 5.74) is 8.36. The summed E-state index contributed by atoms with van der Waals surface area (Å²) in [7, 11) is 0. The van der Waals surface area contributed by atoms with Crippen LogP contribution in [0.4, 0.5) is 0 Å². The second kappa shape index (κ2) is 5.59. The lowest BCUT2D eigenvalue weighted by Crippen LogP contribution is -2.33. The topological polar surface area (TPSA) is 0 Å². The lowest BCUT2D eigenvalue weighted by Gasteiger charge is -2.39. The molecule has 3 aromatic rings. The first-order valence-corrected chi connectivity index (χ1v) is 9.65. The minimum Gasteiger partial charge on any atom is -0.0843 e. The summed E-state index contributed by atoms with van der Waals surface area (Å²) in [5.74, 6) is 0.965. The molecule has 26 heavy (non-hydrogen) atoms. The fourth-order valence-electron chi connectivity index (χ4n) is 5.20. The number of hydrogen-bond donors (Lipinski definition) is 0. The smallest absolute Gasteiger partial charge is 0.0406 e. The SMILES string of the molecule is C[C@@H]1c2ccccc2[C@@]2(C)c3ccccc3C(c3ccc(Cl)cc3)=C[C@@H]12. The van der Waals surface area contributed by atoms with Crippen molar-refractivity contribution in [3.05, 3.63) is 112 Å². The summed E-state index contributed by atoms with van der Waals surface area (Å²) in [5, 5.41) is 0.782. The van der Waals surface area contributed by atoms with Crippen LogP contribution >= 0.6 is 11.6 Å². The van der Waals surface area contributed by atoms with E-state index in [1.807, 2.05) is 12.1 Å². The van der Waals surface area contributed by atoms with Gasteiger partial charge in [-0.1, -0.05) is 92.2 Å². The summed E-state index contributed by atoms with van der Waals surface area (Å²) in [6.07, 6.45) is 2.51. The number of allylic oxidation sites excluding steroid dienone is 1. The molecule has 0 radical (unpaired) electrons. The zero-order valence-corrected chi connectivity index (χ0v) is 15.8. The van der Waals surface area contributed by atoms with Crippen LogP contribution in [0.1, 0.15) is 47.6 Å². The van der Waals surface area contributed by atoms with Crippen LogP contribution in [0.3, 0.4) is 0 Å². The Labute approximate surface area is 160 Å². The molecule has 3 aromatic carbocycles. The largest absolute Gasteiger partial charge is 0.0843 e. The maximum atomic E-state index is 6.13. The monoisotopic (exact) mass is 356 g/mol. The van der Waals surface area contributed by atoms with Crippen LogP contribution in [-0.4, -0.2) is 0 Å². The first kappa shape index (κ1) is 15.9. The Morgan fingerprint density at radius 3 is 2.23 bits per heavy atom. The van der Waals surface area contributed by atoms with E-state index in [9.17, 15) is 0 Å². The number of hydrogen-bond acceptors (Lipinski definition) is 0. The second-order valence-corrected chi connectivity index (χ2v) is 8.17. The van der Waals surface area contributed by atoms with Crippen molar-refractivity contribution in [3.63, 3.8) is 0 Å². The molecule has 0 nitrogen and oxygen atoms in total. The fourth-order valence-corrected chi connectivity index (χ4v) is 5.32. The third-order valence-electron chi connectivity index (χ3n) is 6.49. The first-order valence-electron chi connectivity index (χ1n) is 9.28.